The predicted octanol–water partition coefficient (Wildman–Crippen LogP) is 1.77. The average molecular weight is 355 g/mol. The number of benzene rings is 1. The minimum atomic E-state index is -0.128. The van der Waals surface area contributed by atoms with Crippen LogP contribution in [0.3, 0.4) is 0 Å². The molecule has 2 aromatic rings. The van der Waals surface area contributed by atoms with Crippen molar-refractivity contribution < 1.29 is 9.59 Å². The average Bonchev–Trinajstić information content (AvgIpc) is 2.59. The number of pyridine rings is 1. The van der Waals surface area contributed by atoms with Crippen LogP contribution in [-0.4, -0.2) is 52.8 Å². The Morgan fingerprint density at radius 2 is 1.69 bits per heavy atom. The third-order valence-electron chi connectivity index (χ3n) is 5.08. The molecule has 1 aliphatic heterocycles. The molecule has 6 heteroatoms. The van der Waals surface area contributed by atoms with E-state index in [4.69, 9.17) is 0 Å². The van der Waals surface area contributed by atoms with Crippen LogP contribution in [-0.2, 0) is 16.0 Å². The summed E-state index contributed by atoms with van der Waals surface area (Å²) in [5, 5.41) is 1.02. The van der Waals surface area contributed by atoms with Crippen molar-refractivity contribution in [2.75, 3.05) is 26.2 Å². The molecule has 1 aliphatic rings. The summed E-state index contributed by atoms with van der Waals surface area (Å²) in [5.74, 6) is 0.0822. The molecule has 0 aliphatic carbocycles. The van der Waals surface area contributed by atoms with E-state index in [9.17, 15) is 14.4 Å². The van der Waals surface area contributed by atoms with Crippen LogP contribution in [0.1, 0.15) is 30.0 Å². The molecule has 138 valence electrons. The number of nitrogens with one attached hydrogen (secondary N) is 1. The van der Waals surface area contributed by atoms with Crippen molar-refractivity contribution in [1.82, 2.24) is 14.8 Å². The van der Waals surface area contributed by atoms with Gasteiger partial charge in [-0.2, -0.15) is 0 Å². The first-order valence-electron chi connectivity index (χ1n) is 9.01. The summed E-state index contributed by atoms with van der Waals surface area (Å²) in [6.07, 6.45) is 0.726. The standard InChI is InChI=1S/C20H25N3O3/c1-13-10-14(2)17-12-16(20(26)21-18(17)11-13)4-5-19(25)23-8-6-22(7-9-23)15(3)24/h10-12H,4-9H2,1-3H3,(H,21,26). The molecule has 0 radical (unpaired) electrons. The molecule has 26 heavy (non-hydrogen) atoms. The van der Waals surface area contributed by atoms with Gasteiger partial charge in [0.2, 0.25) is 11.8 Å². The van der Waals surface area contributed by atoms with E-state index in [-0.39, 0.29) is 17.4 Å². The van der Waals surface area contributed by atoms with Crippen molar-refractivity contribution in [3.8, 4) is 0 Å². The lowest BCUT2D eigenvalue weighted by atomic mass is 10.0. The van der Waals surface area contributed by atoms with Gasteiger partial charge in [-0.3, -0.25) is 14.4 Å². The van der Waals surface area contributed by atoms with Gasteiger partial charge in [-0.05, 0) is 43.5 Å². The summed E-state index contributed by atoms with van der Waals surface area (Å²) in [6, 6.07) is 5.96. The zero-order valence-corrected chi connectivity index (χ0v) is 15.6. The molecule has 3 rings (SSSR count). The van der Waals surface area contributed by atoms with E-state index >= 15 is 0 Å². The molecule has 0 unspecified atom stereocenters. The van der Waals surface area contributed by atoms with Crippen LogP contribution >= 0.6 is 0 Å². The predicted molar refractivity (Wildman–Crippen MR) is 101 cm³/mol. The number of aryl methyl sites for hydroxylation is 3. The van der Waals surface area contributed by atoms with Gasteiger partial charge in [0.05, 0.1) is 0 Å². The maximum Gasteiger partial charge on any atom is 0.251 e. The maximum absolute atomic E-state index is 12.4. The fourth-order valence-electron chi connectivity index (χ4n) is 3.57. The van der Waals surface area contributed by atoms with E-state index in [1.165, 1.54) is 0 Å². The summed E-state index contributed by atoms with van der Waals surface area (Å²) < 4.78 is 0. The fourth-order valence-corrected chi connectivity index (χ4v) is 3.57. The highest BCUT2D eigenvalue weighted by molar-refractivity contribution is 5.83. The normalized spacial score (nSPS) is 14.7. The van der Waals surface area contributed by atoms with Gasteiger partial charge in [-0.1, -0.05) is 6.07 Å². The number of aromatic nitrogens is 1. The Hall–Kier alpha value is -2.63. The molecule has 1 saturated heterocycles. The molecule has 1 aromatic heterocycles. The van der Waals surface area contributed by atoms with Crippen molar-refractivity contribution in [1.29, 1.82) is 0 Å². The highest BCUT2D eigenvalue weighted by Crippen LogP contribution is 2.19. The highest BCUT2D eigenvalue weighted by Gasteiger charge is 2.22. The molecule has 2 heterocycles. The van der Waals surface area contributed by atoms with Gasteiger partial charge in [-0.15, -0.1) is 0 Å². The van der Waals surface area contributed by atoms with Gasteiger partial charge >= 0.3 is 0 Å². The monoisotopic (exact) mass is 355 g/mol. The smallest absolute Gasteiger partial charge is 0.251 e. The van der Waals surface area contributed by atoms with Crippen molar-refractivity contribution in [3.05, 3.63) is 45.2 Å². The van der Waals surface area contributed by atoms with E-state index in [0.29, 0.717) is 44.6 Å². The molecular weight excluding hydrogens is 330 g/mol. The quantitative estimate of drug-likeness (QED) is 0.912. The first-order valence-corrected chi connectivity index (χ1v) is 9.01. The topological polar surface area (TPSA) is 73.5 Å². The molecule has 1 N–H and O–H groups in total. The number of hydrogen-bond donors (Lipinski definition) is 1. The number of aromatic amines is 1. The second-order valence-corrected chi connectivity index (χ2v) is 7.05. The zero-order valence-electron chi connectivity index (χ0n) is 15.6. The summed E-state index contributed by atoms with van der Waals surface area (Å²) >= 11 is 0. The van der Waals surface area contributed by atoms with Crippen molar-refractivity contribution in [2.24, 2.45) is 0 Å². The molecule has 2 amide bonds. The Labute approximate surface area is 152 Å². The molecule has 1 aromatic carbocycles. The minimum absolute atomic E-state index is 0.0355. The van der Waals surface area contributed by atoms with Gasteiger partial charge in [0, 0.05) is 56.0 Å². The number of piperazine rings is 1. The maximum atomic E-state index is 12.4. The fraction of sp³-hybridized carbons (Fsp3) is 0.450. The molecule has 1 fully saturated rings. The second-order valence-electron chi connectivity index (χ2n) is 7.05. The van der Waals surface area contributed by atoms with Gasteiger partial charge < -0.3 is 14.8 Å². The van der Waals surface area contributed by atoms with Gasteiger partial charge in [0.15, 0.2) is 0 Å². The Bertz CT molecular complexity index is 908. The lowest BCUT2D eigenvalue weighted by Crippen LogP contribution is -2.50. The molecule has 6 nitrogen and oxygen atoms in total. The van der Waals surface area contributed by atoms with Gasteiger partial charge in [-0.25, -0.2) is 0 Å². The summed E-state index contributed by atoms with van der Waals surface area (Å²) in [6.45, 7) is 7.86. The van der Waals surface area contributed by atoms with E-state index in [0.717, 1.165) is 22.0 Å². The third kappa shape index (κ3) is 3.79. The Balaban J connectivity index is 1.68. The summed E-state index contributed by atoms with van der Waals surface area (Å²) in [7, 11) is 0. The number of nitrogens with zero attached hydrogens (tertiary/aromatic N) is 2. The van der Waals surface area contributed by atoms with E-state index in [1.807, 2.05) is 26.0 Å². The van der Waals surface area contributed by atoms with E-state index in [1.54, 1.807) is 16.7 Å². The van der Waals surface area contributed by atoms with Crippen molar-refractivity contribution in [2.45, 2.75) is 33.6 Å². The van der Waals surface area contributed by atoms with Crippen LogP contribution in [0.15, 0.2) is 23.0 Å². The second kappa shape index (κ2) is 7.32. The number of hydrogen-bond acceptors (Lipinski definition) is 3. The molecule has 0 bridgehead atoms. The SMILES string of the molecule is CC(=O)N1CCN(C(=O)CCc2cc3c(C)cc(C)cc3[nH]c2=O)CC1. The zero-order chi connectivity index (χ0) is 18.8. The number of carbonyl (C=O) groups is 2. The Morgan fingerprint density at radius 1 is 1.04 bits per heavy atom. The number of amides is 2. The van der Waals surface area contributed by atoms with Crippen LogP contribution in [0.5, 0.6) is 0 Å². The number of fused-ring (bicyclic) bond motifs is 1. The Morgan fingerprint density at radius 3 is 2.35 bits per heavy atom. The van der Waals surface area contributed by atoms with E-state index in [2.05, 4.69) is 11.1 Å². The lowest BCUT2D eigenvalue weighted by molar-refractivity contribution is -0.138. The van der Waals surface area contributed by atoms with Crippen LogP contribution in [0, 0.1) is 13.8 Å². The first kappa shape index (κ1) is 18.2. The Kier molecular flexibility index (Phi) is 5.11. The first-order chi connectivity index (χ1) is 12.3. The number of rotatable bonds is 3. The molecule has 0 atom stereocenters. The van der Waals surface area contributed by atoms with Crippen LogP contribution in [0.25, 0.3) is 10.9 Å². The van der Waals surface area contributed by atoms with Gasteiger partial charge in [0.25, 0.3) is 5.56 Å². The van der Waals surface area contributed by atoms with Crippen LogP contribution in [0.2, 0.25) is 0 Å². The van der Waals surface area contributed by atoms with Crippen LogP contribution < -0.4 is 5.56 Å². The van der Waals surface area contributed by atoms with Crippen molar-refractivity contribution >= 4 is 22.7 Å². The third-order valence-corrected chi connectivity index (χ3v) is 5.08. The largest absolute Gasteiger partial charge is 0.339 e. The number of carbonyl (C=O) groups excluding carboxylic acids is 2. The molecular formula is C20H25N3O3. The molecule has 0 saturated carbocycles. The van der Waals surface area contributed by atoms with Gasteiger partial charge in [0.1, 0.15) is 0 Å². The summed E-state index contributed by atoms with van der Waals surface area (Å²) in [4.78, 5) is 42.6. The summed E-state index contributed by atoms with van der Waals surface area (Å²) in [5.41, 5.74) is 3.57. The van der Waals surface area contributed by atoms with E-state index < -0.39 is 0 Å². The molecule has 0 spiro atoms. The van der Waals surface area contributed by atoms with Crippen LogP contribution in [0.4, 0.5) is 0 Å². The highest BCUT2D eigenvalue weighted by atomic mass is 16.2. The van der Waals surface area contributed by atoms with Crippen molar-refractivity contribution in [3.63, 3.8) is 0 Å². The number of H-pyrrole nitrogens is 1. The minimum Gasteiger partial charge on any atom is -0.339 e. The lowest BCUT2D eigenvalue weighted by Gasteiger charge is -2.34.